The minimum absolute atomic E-state index is 0.0304. The Bertz CT molecular complexity index is 412. The fourth-order valence-electron chi connectivity index (χ4n) is 2.17. The normalized spacial score (nSPS) is 14.5. The zero-order valence-electron chi connectivity index (χ0n) is 13.6. The molecule has 0 saturated heterocycles. The van der Waals surface area contributed by atoms with E-state index in [4.69, 9.17) is 4.74 Å². The molecule has 0 unspecified atom stereocenters. The molecule has 0 aromatic heterocycles. The van der Waals surface area contributed by atoms with Gasteiger partial charge in [0.2, 0.25) is 0 Å². The predicted octanol–water partition coefficient (Wildman–Crippen LogP) is 4.69. The van der Waals surface area contributed by atoms with Gasteiger partial charge in [-0.15, -0.1) is 0 Å². The Labute approximate surface area is 117 Å². The van der Waals surface area contributed by atoms with E-state index in [1.165, 1.54) is 0 Å². The summed E-state index contributed by atoms with van der Waals surface area (Å²) in [6.45, 7) is 14.8. The number of phenolic OH excluding ortho intramolecular Hbond substituents is 1. The van der Waals surface area contributed by atoms with Crippen LogP contribution >= 0.6 is 0 Å². The van der Waals surface area contributed by atoms with Gasteiger partial charge in [0, 0.05) is 7.11 Å². The van der Waals surface area contributed by atoms with Crippen LogP contribution in [0.25, 0.3) is 0 Å². The number of aromatic hydroxyl groups is 1. The summed E-state index contributed by atoms with van der Waals surface area (Å²) in [5.74, 6) is 0.423. The number of ether oxygens (including phenoxy) is 1. The van der Waals surface area contributed by atoms with E-state index < -0.39 is 0 Å². The highest BCUT2D eigenvalue weighted by Crippen LogP contribution is 2.41. The van der Waals surface area contributed by atoms with Crippen molar-refractivity contribution >= 4 is 0 Å². The van der Waals surface area contributed by atoms with Crippen molar-refractivity contribution in [3.05, 3.63) is 28.8 Å². The molecule has 0 saturated carbocycles. The van der Waals surface area contributed by atoms with Gasteiger partial charge < -0.3 is 9.84 Å². The third kappa shape index (κ3) is 3.50. The van der Waals surface area contributed by atoms with Gasteiger partial charge in [-0.05, 0) is 46.6 Å². The molecule has 0 spiro atoms. The Morgan fingerprint density at radius 2 is 1.32 bits per heavy atom. The van der Waals surface area contributed by atoms with Crippen LogP contribution in [-0.2, 0) is 15.6 Å². The van der Waals surface area contributed by atoms with Crippen LogP contribution in [0.1, 0.15) is 71.3 Å². The molecule has 0 heterocycles. The maximum atomic E-state index is 10.6. The SMILES string of the molecule is CO[C@H](C)c1cc(C(C)(C)C)c(O)c(C(C)(C)C)c1. The lowest BCUT2D eigenvalue weighted by Gasteiger charge is -2.29. The Morgan fingerprint density at radius 1 is 0.947 bits per heavy atom. The number of hydrogen-bond donors (Lipinski definition) is 1. The molecule has 1 atom stereocenters. The van der Waals surface area contributed by atoms with Crippen LogP contribution in [0.15, 0.2) is 12.1 Å². The first kappa shape index (κ1) is 16.0. The summed E-state index contributed by atoms with van der Waals surface area (Å²) >= 11 is 0. The van der Waals surface area contributed by atoms with E-state index in [0.717, 1.165) is 16.7 Å². The average molecular weight is 264 g/mol. The first-order valence-electron chi connectivity index (χ1n) is 6.89. The molecule has 1 N–H and O–H groups in total. The summed E-state index contributed by atoms with van der Waals surface area (Å²) in [7, 11) is 1.71. The Kier molecular flexibility index (Phi) is 4.36. The number of phenols is 1. The smallest absolute Gasteiger partial charge is 0.123 e. The predicted molar refractivity (Wildman–Crippen MR) is 80.9 cm³/mol. The highest BCUT2D eigenvalue weighted by Gasteiger charge is 2.27. The maximum Gasteiger partial charge on any atom is 0.123 e. The van der Waals surface area contributed by atoms with Gasteiger partial charge in [-0.25, -0.2) is 0 Å². The molecule has 1 aromatic carbocycles. The van der Waals surface area contributed by atoms with Crippen LogP contribution in [0.3, 0.4) is 0 Å². The molecule has 19 heavy (non-hydrogen) atoms. The second-order valence-corrected chi connectivity index (χ2v) is 7.34. The van der Waals surface area contributed by atoms with Crippen molar-refractivity contribution < 1.29 is 9.84 Å². The lowest BCUT2D eigenvalue weighted by molar-refractivity contribution is 0.119. The lowest BCUT2D eigenvalue weighted by atomic mass is 9.78. The number of hydrogen-bond acceptors (Lipinski definition) is 2. The summed E-state index contributed by atoms with van der Waals surface area (Å²) in [6.07, 6.45) is 0.0304. The third-order valence-corrected chi connectivity index (χ3v) is 3.57. The van der Waals surface area contributed by atoms with E-state index in [1.54, 1.807) is 7.11 Å². The molecule has 2 heteroatoms. The van der Waals surface area contributed by atoms with Crippen LogP contribution in [0.4, 0.5) is 0 Å². The van der Waals surface area contributed by atoms with Crippen molar-refractivity contribution in [2.45, 2.75) is 65.4 Å². The zero-order valence-corrected chi connectivity index (χ0v) is 13.6. The average Bonchev–Trinajstić information content (AvgIpc) is 2.25. The van der Waals surface area contributed by atoms with E-state index in [2.05, 4.69) is 53.7 Å². The minimum atomic E-state index is -0.0897. The first-order chi connectivity index (χ1) is 8.48. The van der Waals surface area contributed by atoms with Crippen molar-refractivity contribution in [1.29, 1.82) is 0 Å². The summed E-state index contributed by atoms with van der Waals surface area (Å²) in [5.41, 5.74) is 2.91. The van der Waals surface area contributed by atoms with Crippen LogP contribution in [0.2, 0.25) is 0 Å². The summed E-state index contributed by atoms with van der Waals surface area (Å²) in [4.78, 5) is 0. The van der Waals surface area contributed by atoms with Gasteiger partial charge >= 0.3 is 0 Å². The van der Waals surface area contributed by atoms with Gasteiger partial charge in [-0.3, -0.25) is 0 Å². The number of benzene rings is 1. The van der Waals surface area contributed by atoms with Crippen molar-refractivity contribution in [2.24, 2.45) is 0 Å². The van der Waals surface area contributed by atoms with Gasteiger partial charge in [-0.2, -0.15) is 0 Å². The van der Waals surface area contributed by atoms with Gasteiger partial charge in [0.25, 0.3) is 0 Å². The largest absolute Gasteiger partial charge is 0.507 e. The number of rotatable bonds is 2. The molecule has 0 aliphatic carbocycles. The molecule has 0 radical (unpaired) electrons. The molecular formula is C17H28O2. The van der Waals surface area contributed by atoms with Crippen LogP contribution in [-0.4, -0.2) is 12.2 Å². The zero-order chi connectivity index (χ0) is 15.0. The fourth-order valence-corrected chi connectivity index (χ4v) is 2.17. The van der Waals surface area contributed by atoms with Crippen molar-refractivity contribution in [3.8, 4) is 5.75 Å². The molecular weight excluding hydrogens is 236 g/mol. The summed E-state index contributed by atoms with van der Waals surface area (Å²) < 4.78 is 5.43. The Morgan fingerprint density at radius 3 is 1.58 bits per heavy atom. The van der Waals surface area contributed by atoms with Gasteiger partial charge in [0.15, 0.2) is 0 Å². The monoisotopic (exact) mass is 264 g/mol. The molecule has 2 nitrogen and oxygen atoms in total. The molecule has 1 aromatic rings. The van der Waals surface area contributed by atoms with E-state index in [1.807, 2.05) is 6.92 Å². The standard InChI is InChI=1S/C17H28O2/c1-11(19-8)12-9-13(16(2,3)4)15(18)14(10-12)17(5,6)7/h9-11,18H,1-8H3/t11-/m1/s1. The van der Waals surface area contributed by atoms with Gasteiger partial charge in [0.05, 0.1) is 6.10 Å². The molecule has 0 bridgehead atoms. The van der Waals surface area contributed by atoms with E-state index in [0.29, 0.717) is 5.75 Å². The van der Waals surface area contributed by atoms with Gasteiger partial charge in [0.1, 0.15) is 5.75 Å². The second-order valence-electron chi connectivity index (χ2n) is 7.34. The number of methoxy groups -OCH3 is 1. The van der Waals surface area contributed by atoms with E-state index >= 15 is 0 Å². The quantitative estimate of drug-likeness (QED) is 0.839. The molecule has 0 aliphatic heterocycles. The lowest BCUT2D eigenvalue weighted by Crippen LogP contribution is -2.18. The molecule has 0 amide bonds. The van der Waals surface area contributed by atoms with Crippen LogP contribution in [0, 0.1) is 0 Å². The summed E-state index contributed by atoms with van der Waals surface area (Å²) in [5, 5.41) is 10.6. The van der Waals surface area contributed by atoms with Crippen molar-refractivity contribution in [2.75, 3.05) is 7.11 Å². The van der Waals surface area contributed by atoms with Crippen molar-refractivity contribution in [1.82, 2.24) is 0 Å². The topological polar surface area (TPSA) is 29.5 Å². The molecule has 0 aliphatic rings. The maximum absolute atomic E-state index is 10.6. The molecule has 0 fully saturated rings. The highest BCUT2D eigenvalue weighted by molar-refractivity contribution is 5.50. The van der Waals surface area contributed by atoms with Crippen molar-refractivity contribution in [3.63, 3.8) is 0 Å². The third-order valence-electron chi connectivity index (χ3n) is 3.57. The summed E-state index contributed by atoms with van der Waals surface area (Å²) in [6, 6.07) is 4.14. The van der Waals surface area contributed by atoms with E-state index in [9.17, 15) is 5.11 Å². The van der Waals surface area contributed by atoms with E-state index in [-0.39, 0.29) is 16.9 Å². The van der Waals surface area contributed by atoms with Crippen LogP contribution in [0.5, 0.6) is 5.75 Å². The minimum Gasteiger partial charge on any atom is -0.507 e. The molecule has 108 valence electrons. The Hall–Kier alpha value is -1.02. The first-order valence-corrected chi connectivity index (χ1v) is 6.89. The fraction of sp³-hybridized carbons (Fsp3) is 0.647. The Balaban J connectivity index is 3.57. The van der Waals surface area contributed by atoms with Crippen LogP contribution < -0.4 is 0 Å². The van der Waals surface area contributed by atoms with Gasteiger partial charge in [-0.1, -0.05) is 41.5 Å². The molecule has 1 rings (SSSR count). The second kappa shape index (κ2) is 5.16. The highest BCUT2D eigenvalue weighted by atomic mass is 16.5.